The lowest BCUT2D eigenvalue weighted by atomic mass is 9.79. The molecule has 0 heterocycles. The molecule has 0 unspecified atom stereocenters. The van der Waals surface area contributed by atoms with E-state index in [-0.39, 0.29) is 18.8 Å². The molecule has 0 fully saturated rings. The van der Waals surface area contributed by atoms with Crippen LogP contribution in [0.1, 0.15) is 32.8 Å². The van der Waals surface area contributed by atoms with Gasteiger partial charge < -0.3 is 14.9 Å². The Bertz CT molecular complexity index is 377. The van der Waals surface area contributed by atoms with Gasteiger partial charge in [0.15, 0.2) is 0 Å². The zero-order valence-corrected chi connectivity index (χ0v) is 12.6. The monoisotopic (exact) mass is 286 g/mol. The lowest BCUT2D eigenvalue weighted by molar-refractivity contribution is -0.0218. The van der Waals surface area contributed by atoms with Gasteiger partial charge in [-0.2, -0.15) is 0 Å². The van der Waals surface area contributed by atoms with Crippen LogP contribution in [0, 0.1) is 0 Å². The lowest BCUT2D eigenvalue weighted by Crippen LogP contribution is -2.37. The summed E-state index contributed by atoms with van der Waals surface area (Å²) in [5, 5.41) is 20.0. The van der Waals surface area contributed by atoms with E-state index >= 15 is 0 Å². The molecule has 0 radical (unpaired) electrons. The van der Waals surface area contributed by atoms with E-state index in [9.17, 15) is 10.2 Å². The fourth-order valence-electron chi connectivity index (χ4n) is 1.89. The Morgan fingerprint density at radius 2 is 1.58 bits per heavy atom. The Morgan fingerprint density at radius 3 is 2.00 bits per heavy atom. The van der Waals surface area contributed by atoms with Gasteiger partial charge in [-0.1, -0.05) is 23.7 Å². The van der Waals surface area contributed by atoms with Gasteiger partial charge in [-0.15, -0.1) is 0 Å². The van der Waals surface area contributed by atoms with E-state index in [1.165, 1.54) is 0 Å². The Hall–Kier alpha value is -0.610. The lowest BCUT2D eigenvalue weighted by Gasteiger charge is -2.32. The molecule has 108 valence electrons. The van der Waals surface area contributed by atoms with Crippen LogP contribution in [0.3, 0.4) is 0 Å². The molecule has 0 bridgehead atoms. The molecule has 0 aliphatic rings. The molecular weight excluding hydrogens is 264 g/mol. The molecule has 1 aromatic carbocycles. The van der Waals surface area contributed by atoms with Gasteiger partial charge in [0, 0.05) is 17.0 Å². The summed E-state index contributed by atoms with van der Waals surface area (Å²) in [5.74, 6) is 0. The van der Waals surface area contributed by atoms with Crippen molar-refractivity contribution in [2.24, 2.45) is 0 Å². The first-order valence-corrected chi connectivity index (χ1v) is 6.82. The van der Waals surface area contributed by atoms with Crippen molar-refractivity contribution in [3.05, 3.63) is 34.9 Å². The van der Waals surface area contributed by atoms with Crippen molar-refractivity contribution in [2.75, 3.05) is 19.8 Å². The SMILES string of the molecule is CC(C)(C)OCCC(CO)(CO)c1ccc(Cl)cc1. The maximum atomic E-state index is 9.68. The van der Waals surface area contributed by atoms with Gasteiger partial charge >= 0.3 is 0 Å². The summed E-state index contributed by atoms with van der Waals surface area (Å²) < 4.78 is 5.69. The van der Waals surface area contributed by atoms with E-state index in [1.54, 1.807) is 12.1 Å². The molecule has 4 heteroatoms. The van der Waals surface area contributed by atoms with Crippen molar-refractivity contribution in [2.45, 2.75) is 38.2 Å². The second kappa shape index (κ2) is 6.71. The van der Waals surface area contributed by atoms with E-state index in [1.807, 2.05) is 32.9 Å². The fourth-order valence-corrected chi connectivity index (χ4v) is 2.02. The van der Waals surface area contributed by atoms with Crippen molar-refractivity contribution >= 4 is 11.6 Å². The number of halogens is 1. The molecule has 1 aromatic rings. The van der Waals surface area contributed by atoms with Crippen LogP contribution in [0.2, 0.25) is 5.02 Å². The van der Waals surface area contributed by atoms with Crippen LogP contribution in [0.25, 0.3) is 0 Å². The van der Waals surface area contributed by atoms with E-state index in [2.05, 4.69) is 0 Å². The second-order valence-electron chi connectivity index (χ2n) is 5.81. The zero-order valence-electron chi connectivity index (χ0n) is 11.8. The number of ether oxygens (including phenoxy) is 1. The number of benzene rings is 1. The van der Waals surface area contributed by atoms with Crippen LogP contribution < -0.4 is 0 Å². The van der Waals surface area contributed by atoms with Crippen LogP contribution in [0.15, 0.2) is 24.3 Å². The Labute approximate surface area is 120 Å². The maximum absolute atomic E-state index is 9.68. The molecule has 0 amide bonds. The highest BCUT2D eigenvalue weighted by Gasteiger charge is 2.31. The van der Waals surface area contributed by atoms with E-state index in [0.29, 0.717) is 18.1 Å². The highest BCUT2D eigenvalue weighted by atomic mass is 35.5. The molecule has 0 aliphatic heterocycles. The third-order valence-corrected chi connectivity index (χ3v) is 3.43. The highest BCUT2D eigenvalue weighted by molar-refractivity contribution is 6.30. The van der Waals surface area contributed by atoms with Crippen molar-refractivity contribution in [3.63, 3.8) is 0 Å². The first-order valence-electron chi connectivity index (χ1n) is 6.45. The summed E-state index contributed by atoms with van der Waals surface area (Å²) in [4.78, 5) is 0. The minimum Gasteiger partial charge on any atom is -0.395 e. The number of rotatable bonds is 6. The normalized spacial score (nSPS) is 12.7. The molecule has 2 N–H and O–H groups in total. The van der Waals surface area contributed by atoms with Gasteiger partial charge in [0.1, 0.15) is 0 Å². The summed E-state index contributed by atoms with van der Waals surface area (Å²) in [6.45, 7) is 6.17. The summed E-state index contributed by atoms with van der Waals surface area (Å²) in [5.41, 5.74) is -0.0358. The number of hydrogen-bond donors (Lipinski definition) is 2. The molecule has 0 spiro atoms. The smallest absolute Gasteiger partial charge is 0.0598 e. The molecule has 0 saturated carbocycles. The van der Waals surface area contributed by atoms with Gasteiger partial charge in [0.05, 0.1) is 18.8 Å². The highest BCUT2D eigenvalue weighted by Crippen LogP contribution is 2.29. The quantitative estimate of drug-likeness (QED) is 0.845. The van der Waals surface area contributed by atoms with Gasteiger partial charge in [-0.25, -0.2) is 0 Å². The van der Waals surface area contributed by atoms with Crippen molar-refractivity contribution < 1.29 is 14.9 Å². The second-order valence-corrected chi connectivity index (χ2v) is 6.25. The average molecular weight is 287 g/mol. The Kier molecular flexibility index (Phi) is 5.81. The Morgan fingerprint density at radius 1 is 1.05 bits per heavy atom. The van der Waals surface area contributed by atoms with Crippen molar-refractivity contribution in [3.8, 4) is 0 Å². The standard InChI is InChI=1S/C15H23ClO3/c1-14(2,3)19-9-8-15(10-17,11-18)12-4-6-13(16)7-5-12/h4-7,17-18H,8-11H2,1-3H3. The molecule has 0 aromatic heterocycles. The van der Waals surface area contributed by atoms with Crippen LogP contribution >= 0.6 is 11.6 Å². The zero-order chi connectivity index (χ0) is 14.5. The van der Waals surface area contributed by atoms with E-state index < -0.39 is 5.41 Å². The summed E-state index contributed by atoms with van der Waals surface area (Å²) >= 11 is 5.86. The molecule has 19 heavy (non-hydrogen) atoms. The first-order chi connectivity index (χ1) is 8.83. The molecule has 0 atom stereocenters. The minimum absolute atomic E-state index is 0.126. The predicted molar refractivity (Wildman–Crippen MR) is 77.6 cm³/mol. The number of aliphatic hydroxyl groups is 2. The van der Waals surface area contributed by atoms with Crippen LogP contribution in [0.5, 0.6) is 0 Å². The molecule has 3 nitrogen and oxygen atoms in total. The summed E-state index contributed by atoms with van der Waals surface area (Å²) in [7, 11) is 0. The average Bonchev–Trinajstić information content (AvgIpc) is 2.35. The topological polar surface area (TPSA) is 49.7 Å². The van der Waals surface area contributed by atoms with Gasteiger partial charge in [-0.05, 0) is 44.9 Å². The first kappa shape index (κ1) is 16.4. The molecule has 0 saturated heterocycles. The molecule has 1 rings (SSSR count). The van der Waals surface area contributed by atoms with Crippen molar-refractivity contribution in [1.82, 2.24) is 0 Å². The number of aliphatic hydroxyl groups excluding tert-OH is 2. The van der Waals surface area contributed by atoms with Crippen LogP contribution in [-0.2, 0) is 10.2 Å². The Balaban J connectivity index is 2.82. The van der Waals surface area contributed by atoms with Gasteiger partial charge in [-0.3, -0.25) is 0 Å². The fraction of sp³-hybridized carbons (Fsp3) is 0.600. The third-order valence-electron chi connectivity index (χ3n) is 3.18. The van der Waals surface area contributed by atoms with E-state index in [0.717, 1.165) is 5.56 Å². The maximum Gasteiger partial charge on any atom is 0.0598 e. The van der Waals surface area contributed by atoms with Crippen LogP contribution in [-0.4, -0.2) is 35.6 Å². The molecule has 0 aliphatic carbocycles. The summed E-state index contributed by atoms with van der Waals surface area (Å²) in [6.07, 6.45) is 0.554. The third kappa shape index (κ3) is 4.77. The van der Waals surface area contributed by atoms with Gasteiger partial charge in [0.2, 0.25) is 0 Å². The predicted octanol–water partition coefficient (Wildman–Crippen LogP) is 2.77. The largest absolute Gasteiger partial charge is 0.395 e. The summed E-state index contributed by atoms with van der Waals surface area (Å²) in [6, 6.07) is 7.21. The van der Waals surface area contributed by atoms with Crippen molar-refractivity contribution in [1.29, 1.82) is 0 Å². The minimum atomic E-state index is -0.685. The number of hydrogen-bond acceptors (Lipinski definition) is 3. The van der Waals surface area contributed by atoms with Crippen LogP contribution in [0.4, 0.5) is 0 Å². The molecular formula is C15H23ClO3. The van der Waals surface area contributed by atoms with E-state index in [4.69, 9.17) is 16.3 Å². The van der Waals surface area contributed by atoms with Gasteiger partial charge in [0.25, 0.3) is 0 Å².